The topological polar surface area (TPSA) is 38.8 Å². The average Bonchev–Trinajstić information content (AvgIpc) is 3.10. The maximum Gasteiger partial charge on any atom is 0.309 e. The lowest BCUT2D eigenvalue weighted by Gasteiger charge is -2.38. The molecule has 1 saturated heterocycles. The van der Waals surface area contributed by atoms with E-state index in [2.05, 4.69) is 13.8 Å². The van der Waals surface area contributed by atoms with E-state index in [1.165, 1.54) is 38.5 Å². The number of rotatable bonds is 3. The molecule has 0 aromatic carbocycles. The predicted molar refractivity (Wildman–Crippen MR) is 89.1 cm³/mol. The number of epoxide rings is 1. The van der Waals surface area contributed by atoms with Gasteiger partial charge in [0.1, 0.15) is 5.60 Å². The summed E-state index contributed by atoms with van der Waals surface area (Å²) in [6, 6.07) is 0. The van der Waals surface area contributed by atoms with Gasteiger partial charge < -0.3 is 9.47 Å². The van der Waals surface area contributed by atoms with Crippen LogP contribution in [0.15, 0.2) is 0 Å². The molecule has 24 heavy (non-hydrogen) atoms. The Morgan fingerprint density at radius 1 is 0.958 bits per heavy atom. The molecule has 0 aromatic rings. The number of fused-ring (bicyclic) bond motifs is 12. The predicted octanol–water partition coefficient (Wildman–Crippen LogP) is 3.80. The monoisotopic (exact) mass is 330 g/mol. The molecular formula is C21H30O3. The van der Waals surface area contributed by atoms with Gasteiger partial charge in [-0.05, 0) is 87.4 Å². The van der Waals surface area contributed by atoms with Crippen LogP contribution >= 0.6 is 0 Å². The van der Waals surface area contributed by atoms with Crippen LogP contribution in [0.3, 0.4) is 0 Å². The first kappa shape index (κ1) is 14.6. The van der Waals surface area contributed by atoms with Crippen molar-refractivity contribution in [3.63, 3.8) is 0 Å². The van der Waals surface area contributed by atoms with E-state index in [0.717, 1.165) is 36.0 Å². The highest BCUT2D eigenvalue weighted by Crippen LogP contribution is 2.73. The number of carbonyl (C=O) groups is 1. The zero-order valence-corrected chi connectivity index (χ0v) is 14.9. The lowest BCUT2D eigenvalue weighted by atomic mass is 9.67. The molecule has 1 aliphatic heterocycles. The fraction of sp³-hybridized carbons (Fsp3) is 0.952. The lowest BCUT2D eigenvalue weighted by Crippen LogP contribution is -2.42. The van der Waals surface area contributed by atoms with E-state index in [-0.39, 0.29) is 17.5 Å². The van der Waals surface area contributed by atoms with E-state index in [4.69, 9.17) is 9.47 Å². The number of carbonyl (C=O) groups excluding carboxylic acids is 1. The summed E-state index contributed by atoms with van der Waals surface area (Å²) in [4.78, 5) is 13.0. The summed E-state index contributed by atoms with van der Waals surface area (Å²) < 4.78 is 12.1. The summed E-state index contributed by atoms with van der Waals surface area (Å²) in [7, 11) is 0. The van der Waals surface area contributed by atoms with Gasteiger partial charge in [0.25, 0.3) is 0 Å². The summed E-state index contributed by atoms with van der Waals surface area (Å²) in [5, 5.41) is 0. The fourth-order valence-electron chi connectivity index (χ4n) is 8.16. The highest BCUT2D eigenvalue weighted by Gasteiger charge is 2.74. The number of hydrogen-bond acceptors (Lipinski definition) is 3. The minimum Gasteiger partial charge on any atom is -0.459 e. The van der Waals surface area contributed by atoms with Crippen molar-refractivity contribution in [1.29, 1.82) is 0 Å². The number of esters is 1. The Labute approximate surface area is 144 Å². The van der Waals surface area contributed by atoms with E-state index in [1.807, 2.05) is 0 Å². The standard InChI is InChI=1S/C21H30O3/c1-21(2,11-5-3-4-6-11)24-20(22)13-8-10-7-12(13)17-15-9-14(16(10)17)18-19(15)23-18/h10-19H,3-9H2,1-2H3. The largest absolute Gasteiger partial charge is 0.459 e. The molecule has 0 radical (unpaired) electrons. The molecule has 0 aromatic heterocycles. The molecule has 3 nitrogen and oxygen atoms in total. The van der Waals surface area contributed by atoms with Crippen LogP contribution in [0.5, 0.6) is 0 Å². The van der Waals surface area contributed by atoms with Crippen molar-refractivity contribution in [2.75, 3.05) is 0 Å². The summed E-state index contributed by atoms with van der Waals surface area (Å²) >= 11 is 0. The van der Waals surface area contributed by atoms with Gasteiger partial charge in [-0.15, -0.1) is 0 Å². The van der Waals surface area contributed by atoms with Crippen LogP contribution in [-0.2, 0) is 14.3 Å². The molecule has 1 heterocycles. The first-order valence-corrected chi connectivity index (χ1v) is 10.4. The van der Waals surface area contributed by atoms with E-state index >= 15 is 0 Å². The van der Waals surface area contributed by atoms with Crippen LogP contribution in [0.4, 0.5) is 0 Å². The van der Waals surface area contributed by atoms with Crippen LogP contribution in [0.2, 0.25) is 0 Å². The van der Waals surface area contributed by atoms with Crippen LogP contribution in [0.25, 0.3) is 0 Å². The maximum atomic E-state index is 13.0. The molecule has 6 fully saturated rings. The summed E-state index contributed by atoms with van der Waals surface area (Å²) in [6.07, 6.45) is 10.0. The van der Waals surface area contributed by atoms with E-state index in [1.54, 1.807) is 0 Å². The Kier molecular flexibility index (Phi) is 2.78. The van der Waals surface area contributed by atoms with Crippen LogP contribution in [0, 0.1) is 47.3 Å². The van der Waals surface area contributed by atoms with E-state index in [0.29, 0.717) is 24.0 Å². The highest BCUT2D eigenvalue weighted by atomic mass is 16.6. The van der Waals surface area contributed by atoms with Gasteiger partial charge >= 0.3 is 5.97 Å². The van der Waals surface area contributed by atoms with Crippen molar-refractivity contribution < 1.29 is 14.3 Å². The molecule has 0 N–H and O–H groups in total. The van der Waals surface area contributed by atoms with Crippen LogP contribution < -0.4 is 0 Å². The molecule has 0 spiro atoms. The van der Waals surface area contributed by atoms with Crippen molar-refractivity contribution >= 4 is 5.97 Å². The van der Waals surface area contributed by atoms with Gasteiger partial charge in [0.05, 0.1) is 18.1 Å². The third-order valence-corrected chi connectivity index (χ3v) is 9.07. The Morgan fingerprint density at radius 3 is 2.42 bits per heavy atom. The molecule has 132 valence electrons. The van der Waals surface area contributed by atoms with Gasteiger partial charge in [0.15, 0.2) is 0 Å². The second kappa shape index (κ2) is 4.58. The summed E-state index contributed by atoms with van der Waals surface area (Å²) in [5.41, 5.74) is -0.270. The fourth-order valence-corrected chi connectivity index (χ4v) is 8.16. The maximum absolute atomic E-state index is 13.0. The SMILES string of the molecule is CC(C)(OC(=O)C1CC2CC1C1C3CC(C4OC34)C21)C1CCCC1. The van der Waals surface area contributed by atoms with Crippen molar-refractivity contribution in [3.05, 3.63) is 0 Å². The minimum absolute atomic E-state index is 0.133. The summed E-state index contributed by atoms with van der Waals surface area (Å²) in [6.45, 7) is 4.30. The summed E-state index contributed by atoms with van der Waals surface area (Å²) in [5.74, 6) is 5.56. The molecule has 3 heteroatoms. The van der Waals surface area contributed by atoms with Crippen LogP contribution in [0.1, 0.15) is 58.8 Å². The molecule has 4 bridgehead atoms. The van der Waals surface area contributed by atoms with Crippen molar-refractivity contribution in [2.24, 2.45) is 47.3 Å². The zero-order chi connectivity index (χ0) is 16.2. The van der Waals surface area contributed by atoms with Gasteiger partial charge in [-0.1, -0.05) is 12.8 Å². The molecule has 5 saturated carbocycles. The second-order valence-electron chi connectivity index (χ2n) is 10.3. The Morgan fingerprint density at radius 2 is 1.67 bits per heavy atom. The van der Waals surface area contributed by atoms with Crippen molar-refractivity contribution in [2.45, 2.75) is 76.6 Å². The molecular weight excluding hydrogens is 300 g/mol. The van der Waals surface area contributed by atoms with Crippen molar-refractivity contribution in [1.82, 2.24) is 0 Å². The molecule has 9 unspecified atom stereocenters. The highest BCUT2D eigenvalue weighted by molar-refractivity contribution is 5.74. The van der Waals surface area contributed by atoms with E-state index in [9.17, 15) is 4.79 Å². The van der Waals surface area contributed by atoms with Gasteiger partial charge in [0, 0.05) is 0 Å². The van der Waals surface area contributed by atoms with Crippen LogP contribution in [-0.4, -0.2) is 23.8 Å². The first-order valence-electron chi connectivity index (χ1n) is 10.4. The quantitative estimate of drug-likeness (QED) is 0.449. The smallest absolute Gasteiger partial charge is 0.309 e. The van der Waals surface area contributed by atoms with Gasteiger partial charge in [-0.25, -0.2) is 0 Å². The third kappa shape index (κ3) is 1.75. The van der Waals surface area contributed by atoms with Gasteiger partial charge in [-0.3, -0.25) is 4.79 Å². The third-order valence-electron chi connectivity index (χ3n) is 9.07. The average molecular weight is 330 g/mol. The zero-order valence-electron chi connectivity index (χ0n) is 14.9. The van der Waals surface area contributed by atoms with E-state index < -0.39 is 0 Å². The first-order chi connectivity index (χ1) is 11.5. The Balaban J connectivity index is 1.19. The normalized spacial score (nSPS) is 54.2. The van der Waals surface area contributed by atoms with Gasteiger partial charge in [0.2, 0.25) is 0 Å². The van der Waals surface area contributed by atoms with Crippen molar-refractivity contribution in [3.8, 4) is 0 Å². The van der Waals surface area contributed by atoms with Gasteiger partial charge in [-0.2, -0.15) is 0 Å². The molecule has 5 aliphatic carbocycles. The molecule has 9 atom stereocenters. The molecule has 6 aliphatic rings. The second-order valence-corrected chi connectivity index (χ2v) is 10.3. The number of hydrogen-bond donors (Lipinski definition) is 0. The number of ether oxygens (including phenoxy) is 2. The Hall–Kier alpha value is -0.570. The Bertz CT molecular complexity index is 578. The molecule has 6 rings (SSSR count). The molecule has 0 amide bonds. The lowest BCUT2D eigenvalue weighted by molar-refractivity contribution is -0.170. The minimum atomic E-state index is -0.270.